The first-order valence-corrected chi connectivity index (χ1v) is 7.64. The fraction of sp³-hybridized carbons (Fsp3) is 0.600. The highest BCUT2D eigenvalue weighted by atomic mass is 79.9. The Labute approximate surface area is 124 Å². The van der Waals surface area contributed by atoms with Crippen LogP contribution in [-0.4, -0.2) is 48.6 Å². The van der Waals surface area contributed by atoms with E-state index >= 15 is 0 Å². The molecule has 1 atom stereocenters. The predicted molar refractivity (Wildman–Crippen MR) is 84.2 cm³/mol. The van der Waals surface area contributed by atoms with Gasteiger partial charge in [-0.3, -0.25) is 9.80 Å². The van der Waals surface area contributed by atoms with Crippen LogP contribution in [0, 0.1) is 0 Å². The third-order valence-electron chi connectivity index (χ3n) is 4.26. The fourth-order valence-electron chi connectivity index (χ4n) is 2.72. The Kier molecular flexibility index (Phi) is 4.66. The molecule has 1 aromatic carbocycles. The summed E-state index contributed by atoms with van der Waals surface area (Å²) in [5.74, 6) is 0. The first-order valence-electron chi connectivity index (χ1n) is 6.85. The number of halogens is 1. The number of likely N-dealkylation sites (N-methyl/N-ethyl adjacent to an activating group) is 1. The van der Waals surface area contributed by atoms with Crippen LogP contribution in [0.4, 0.5) is 0 Å². The first kappa shape index (κ1) is 15.0. The van der Waals surface area contributed by atoms with Gasteiger partial charge in [-0.2, -0.15) is 0 Å². The largest absolute Gasteiger partial charge is 0.329 e. The Balaban J connectivity index is 2.16. The van der Waals surface area contributed by atoms with E-state index in [4.69, 9.17) is 5.73 Å². The molecule has 4 heteroatoms. The number of rotatable bonds is 3. The summed E-state index contributed by atoms with van der Waals surface area (Å²) in [6, 6.07) is 8.86. The molecule has 106 valence electrons. The van der Waals surface area contributed by atoms with Crippen LogP contribution in [0.3, 0.4) is 0 Å². The molecule has 3 nitrogen and oxygen atoms in total. The number of hydrogen-bond acceptors (Lipinski definition) is 3. The van der Waals surface area contributed by atoms with Gasteiger partial charge in [0.2, 0.25) is 0 Å². The number of piperazine rings is 1. The van der Waals surface area contributed by atoms with Crippen LogP contribution >= 0.6 is 15.9 Å². The summed E-state index contributed by atoms with van der Waals surface area (Å²) in [5, 5.41) is 0. The molecule has 0 aliphatic carbocycles. The van der Waals surface area contributed by atoms with Crippen LogP contribution in [0.5, 0.6) is 0 Å². The lowest BCUT2D eigenvalue weighted by molar-refractivity contribution is 0.0180. The average Bonchev–Trinajstić information content (AvgIpc) is 2.36. The van der Waals surface area contributed by atoms with Crippen molar-refractivity contribution >= 4 is 15.9 Å². The van der Waals surface area contributed by atoms with Crippen LogP contribution in [0.1, 0.15) is 25.5 Å². The van der Waals surface area contributed by atoms with Gasteiger partial charge in [0, 0.05) is 42.2 Å². The molecule has 0 amide bonds. The summed E-state index contributed by atoms with van der Waals surface area (Å²) >= 11 is 3.49. The van der Waals surface area contributed by atoms with E-state index in [2.05, 4.69) is 70.9 Å². The molecule has 1 saturated heterocycles. The van der Waals surface area contributed by atoms with Gasteiger partial charge < -0.3 is 5.73 Å². The Bertz CT molecular complexity index is 416. The number of benzene rings is 1. The summed E-state index contributed by atoms with van der Waals surface area (Å²) in [6.45, 7) is 8.50. The third-order valence-corrected chi connectivity index (χ3v) is 4.79. The topological polar surface area (TPSA) is 32.5 Å². The van der Waals surface area contributed by atoms with Crippen LogP contribution in [0.15, 0.2) is 28.7 Å². The standard InChI is InChI=1S/C15H24BrN3/c1-15(2)11-19(9-8-18(15)3)14(10-17)12-4-6-13(16)7-5-12/h4-7,14H,8-11,17H2,1-3H3. The van der Waals surface area contributed by atoms with Crippen molar-refractivity contribution in [1.82, 2.24) is 9.80 Å². The first-order chi connectivity index (χ1) is 8.94. The van der Waals surface area contributed by atoms with E-state index in [1.54, 1.807) is 0 Å². The molecule has 1 fully saturated rings. The van der Waals surface area contributed by atoms with E-state index in [1.165, 1.54) is 5.56 Å². The quantitative estimate of drug-likeness (QED) is 0.926. The van der Waals surface area contributed by atoms with E-state index in [0.717, 1.165) is 24.1 Å². The Morgan fingerprint density at radius 2 is 1.89 bits per heavy atom. The van der Waals surface area contributed by atoms with Crippen LogP contribution in [0.25, 0.3) is 0 Å². The van der Waals surface area contributed by atoms with Gasteiger partial charge in [0.1, 0.15) is 0 Å². The van der Waals surface area contributed by atoms with Crippen molar-refractivity contribution in [2.24, 2.45) is 5.73 Å². The molecule has 0 radical (unpaired) electrons. The highest BCUT2D eigenvalue weighted by molar-refractivity contribution is 9.10. The number of nitrogens with zero attached hydrogens (tertiary/aromatic N) is 2. The minimum atomic E-state index is 0.209. The molecule has 2 rings (SSSR count). The van der Waals surface area contributed by atoms with Crippen LogP contribution < -0.4 is 5.73 Å². The Hall–Kier alpha value is -0.420. The van der Waals surface area contributed by atoms with Gasteiger partial charge in [-0.15, -0.1) is 0 Å². The van der Waals surface area contributed by atoms with Crippen molar-refractivity contribution in [3.63, 3.8) is 0 Å². The summed E-state index contributed by atoms with van der Waals surface area (Å²) in [4.78, 5) is 4.95. The molecule has 1 unspecified atom stereocenters. The zero-order valence-corrected chi connectivity index (χ0v) is 13.7. The summed E-state index contributed by atoms with van der Waals surface area (Å²) in [7, 11) is 2.20. The maximum absolute atomic E-state index is 6.03. The smallest absolute Gasteiger partial charge is 0.0471 e. The minimum Gasteiger partial charge on any atom is -0.329 e. The van der Waals surface area contributed by atoms with Crippen molar-refractivity contribution in [3.8, 4) is 0 Å². The summed E-state index contributed by atoms with van der Waals surface area (Å²) < 4.78 is 1.12. The van der Waals surface area contributed by atoms with Gasteiger partial charge in [-0.05, 0) is 38.6 Å². The molecule has 19 heavy (non-hydrogen) atoms. The van der Waals surface area contributed by atoms with Crippen LogP contribution in [0.2, 0.25) is 0 Å². The molecule has 0 saturated carbocycles. The van der Waals surface area contributed by atoms with Gasteiger partial charge in [0.25, 0.3) is 0 Å². The molecule has 1 heterocycles. The second-order valence-electron chi connectivity index (χ2n) is 6.01. The number of hydrogen-bond donors (Lipinski definition) is 1. The van der Waals surface area contributed by atoms with E-state index in [-0.39, 0.29) is 5.54 Å². The number of nitrogens with two attached hydrogens (primary N) is 1. The highest BCUT2D eigenvalue weighted by Gasteiger charge is 2.34. The van der Waals surface area contributed by atoms with Crippen molar-refractivity contribution < 1.29 is 0 Å². The van der Waals surface area contributed by atoms with Gasteiger partial charge >= 0.3 is 0 Å². The van der Waals surface area contributed by atoms with Gasteiger partial charge in [-0.1, -0.05) is 28.1 Å². The maximum Gasteiger partial charge on any atom is 0.0471 e. The van der Waals surface area contributed by atoms with Crippen molar-refractivity contribution in [2.45, 2.75) is 25.4 Å². The lowest BCUT2D eigenvalue weighted by Gasteiger charge is -2.48. The second-order valence-corrected chi connectivity index (χ2v) is 6.92. The average molecular weight is 326 g/mol. The van der Waals surface area contributed by atoms with E-state index < -0.39 is 0 Å². The highest BCUT2D eigenvalue weighted by Crippen LogP contribution is 2.27. The molecule has 1 aliphatic rings. The lowest BCUT2D eigenvalue weighted by atomic mass is 9.96. The molecule has 0 bridgehead atoms. The van der Waals surface area contributed by atoms with Crippen LogP contribution in [-0.2, 0) is 0 Å². The molecule has 0 spiro atoms. The second kappa shape index (κ2) is 5.92. The van der Waals surface area contributed by atoms with Crippen molar-refractivity contribution in [2.75, 3.05) is 33.2 Å². The summed E-state index contributed by atoms with van der Waals surface area (Å²) in [5.41, 5.74) is 7.55. The lowest BCUT2D eigenvalue weighted by Crippen LogP contribution is -2.58. The molecular formula is C15H24BrN3. The van der Waals surface area contributed by atoms with E-state index in [9.17, 15) is 0 Å². The minimum absolute atomic E-state index is 0.209. The fourth-order valence-corrected chi connectivity index (χ4v) is 2.99. The Morgan fingerprint density at radius 1 is 1.26 bits per heavy atom. The monoisotopic (exact) mass is 325 g/mol. The normalized spacial score (nSPS) is 22.4. The van der Waals surface area contributed by atoms with Gasteiger partial charge in [-0.25, -0.2) is 0 Å². The SMILES string of the molecule is CN1CCN(C(CN)c2ccc(Br)cc2)CC1(C)C. The zero-order chi connectivity index (χ0) is 14.0. The zero-order valence-electron chi connectivity index (χ0n) is 12.1. The van der Waals surface area contributed by atoms with E-state index in [1.807, 2.05) is 0 Å². The molecule has 1 aromatic rings. The third kappa shape index (κ3) is 3.37. The maximum atomic E-state index is 6.03. The predicted octanol–water partition coefficient (Wildman–Crippen LogP) is 2.47. The van der Waals surface area contributed by atoms with Gasteiger partial charge in [0.05, 0.1) is 0 Å². The van der Waals surface area contributed by atoms with Gasteiger partial charge in [0.15, 0.2) is 0 Å². The Morgan fingerprint density at radius 3 is 2.42 bits per heavy atom. The molecule has 2 N–H and O–H groups in total. The molecule has 1 aliphatic heterocycles. The van der Waals surface area contributed by atoms with E-state index in [0.29, 0.717) is 12.6 Å². The molecule has 0 aromatic heterocycles. The van der Waals surface area contributed by atoms with Crippen molar-refractivity contribution in [1.29, 1.82) is 0 Å². The summed E-state index contributed by atoms with van der Waals surface area (Å²) in [6.07, 6.45) is 0. The van der Waals surface area contributed by atoms with Crippen molar-refractivity contribution in [3.05, 3.63) is 34.3 Å². The molecular weight excluding hydrogens is 302 g/mol.